The van der Waals surface area contributed by atoms with Crippen molar-refractivity contribution in [3.63, 3.8) is 0 Å². The van der Waals surface area contributed by atoms with E-state index in [0.717, 1.165) is 57.1 Å². The second-order valence-corrected chi connectivity index (χ2v) is 8.68. The van der Waals surface area contributed by atoms with Gasteiger partial charge in [0.05, 0.1) is 6.61 Å². The number of benzene rings is 1. The van der Waals surface area contributed by atoms with E-state index in [1.54, 1.807) is 0 Å². The lowest BCUT2D eigenvalue weighted by molar-refractivity contribution is 0.0716. The normalized spacial score (nSPS) is 29.0. The fourth-order valence-electron chi connectivity index (χ4n) is 4.98. The predicted octanol–water partition coefficient (Wildman–Crippen LogP) is 3.07. The molecule has 1 saturated carbocycles. The molecule has 2 saturated heterocycles. The molecule has 2 atom stereocenters. The molecule has 2 heterocycles. The third-order valence-corrected chi connectivity index (χ3v) is 6.75. The van der Waals surface area contributed by atoms with Crippen molar-refractivity contribution in [1.82, 2.24) is 9.80 Å². The minimum atomic E-state index is 0.196. The van der Waals surface area contributed by atoms with Crippen LogP contribution < -0.4 is 0 Å². The van der Waals surface area contributed by atoms with Gasteiger partial charge in [-0.2, -0.15) is 0 Å². The summed E-state index contributed by atoms with van der Waals surface area (Å²) in [6, 6.07) is 8.15. The highest BCUT2D eigenvalue weighted by Crippen LogP contribution is 2.45. The molecule has 0 aromatic heterocycles. The van der Waals surface area contributed by atoms with Crippen LogP contribution >= 0.6 is 0 Å². The molecule has 1 aliphatic carbocycles. The fraction of sp³-hybridized carbons (Fsp3) is 0.682. The first-order valence-corrected chi connectivity index (χ1v) is 10.2. The second-order valence-electron chi connectivity index (χ2n) is 8.68. The van der Waals surface area contributed by atoms with E-state index < -0.39 is 0 Å². The molecule has 142 valence electrons. The van der Waals surface area contributed by atoms with Crippen LogP contribution in [0.2, 0.25) is 0 Å². The van der Waals surface area contributed by atoms with Crippen molar-refractivity contribution in [3.8, 4) is 0 Å². The van der Waals surface area contributed by atoms with E-state index in [9.17, 15) is 4.79 Å². The van der Waals surface area contributed by atoms with Crippen LogP contribution in [0.5, 0.6) is 0 Å². The molecular weight excluding hydrogens is 324 g/mol. The molecule has 3 aliphatic rings. The maximum Gasteiger partial charge on any atom is 0.253 e. The fourth-order valence-corrected chi connectivity index (χ4v) is 4.98. The van der Waals surface area contributed by atoms with Gasteiger partial charge in [0.1, 0.15) is 0 Å². The van der Waals surface area contributed by atoms with Crippen LogP contribution in [0.3, 0.4) is 0 Å². The Bertz CT molecular complexity index is 640. The van der Waals surface area contributed by atoms with Gasteiger partial charge in [-0.25, -0.2) is 0 Å². The van der Waals surface area contributed by atoms with E-state index in [2.05, 4.69) is 28.9 Å². The van der Waals surface area contributed by atoms with Crippen LogP contribution in [0.15, 0.2) is 24.3 Å². The number of hydrogen-bond donors (Lipinski definition) is 0. The van der Waals surface area contributed by atoms with Crippen molar-refractivity contribution in [2.75, 3.05) is 46.4 Å². The number of aryl methyl sites for hydroxylation is 1. The summed E-state index contributed by atoms with van der Waals surface area (Å²) in [4.78, 5) is 17.7. The zero-order valence-electron chi connectivity index (χ0n) is 16.2. The highest BCUT2D eigenvalue weighted by molar-refractivity contribution is 5.94. The SMILES string of the molecule is CCc1ccc(C(=O)N2CC[C@@]3(CN(CC4CC4)C[C@H]3COC)C2)cc1. The van der Waals surface area contributed by atoms with Gasteiger partial charge in [-0.05, 0) is 49.3 Å². The molecule has 0 unspecified atom stereocenters. The van der Waals surface area contributed by atoms with Crippen molar-refractivity contribution in [2.45, 2.75) is 32.6 Å². The monoisotopic (exact) mass is 356 g/mol. The highest BCUT2D eigenvalue weighted by Gasteiger charge is 2.51. The smallest absolute Gasteiger partial charge is 0.253 e. The number of nitrogens with zero attached hydrogens (tertiary/aromatic N) is 2. The highest BCUT2D eigenvalue weighted by atomic mass is 16.5. The van der Waals surface area contributed by atoms with Crippen molar-refractivity contribution in [3.05, 3.63) is 35.4 Å². The molecule has 4 heteroatoms. The summed E-state index contributed by atoms with van der Waals surface area (Å²) in [5, 5.41) is 0. The van der Waals surface area contributed by atoms with Crippen LogP contribution in [-0.2, 0) is 11.2 Å². The van der Waals surface area contributed by atoms with Crippen molar-refractivity contribution in [2.24, 2.45) is 17.3 Å². The number of hydrogen-bond acceptors (Lipinski definition) is 3. The molecule has 3 fully saturated rings. The summed E-state index contributed by atoms with van der Waals surface area (Å²) in [5.74, 6) is 1.66. The Hall–Kier alpha value is -1.39. The number of carbonyl (C=O) groups is 1. The number of rotatable bonds is 6. The first-order valence-electron chi connectivity index (χ1n) is 10.2. The maximum absolute atomic E-state index is 13.0. The van der Waals surface area contributed by atoms with Gasteiger partial charge in [0.25, 0.3) is 5.91 Å². The average molecular weight is 357 g/mol. The molecule has 4 rings (SSSR count). The van der Waals surface area contributed by atoms with Gasteiger partial charge in [-0.3, -0.25) is 4.79 Å². The third kappa shape index (κ3) is 3.54. The van der Waals surface area contributed by atoms with Gasteiger partial charge in [0.2, 0.25) is 0 Å². The predicted molar refractivity (Wildman–Crippen MR) is 103 cm³/mol. The Morgan fingerprint density at radius 3 is 2.65 bits per heavy atom. The van der Waals surface area contributed by atoms with Gasteiger partial charge >= 0.3 is 0 Å². The number of likely N-dealkylation sites (tertiary alicyclic amines) is 2. The van der Waals surface area contributed by atoms with Crippen molar-refractivity contribution >= 4 is 5.91 Å². The lowest BCUT2D eigenvalue weighted by Crippen LogP contribution is -2.38. The van der Waals surface area contributed by atoms with Gasteiger partial charge in [-0.1, -0.05) is 19.1 Å². The quantitative estimate of drug-likeness (QED) is 0.785. The first-order chi connectivity index (χ1) is 12.6. The molecule has 2 aliphatic heterocycles. The Morgan fingerprint density at radius 2 is 2.00 bits per heavy atom. The van der Waals surface area contributed by atoms with E-state index in [-0.39, 0.29) is 11.3 Å². The summed E-state index contributed by atoms with van der Waals surface area (Å²) in [6.07, 6.45) is 4.92. The van der Waals surface area contributed by atoms with E-state index in [1.807, 2.05) is 19.2 Å². The molecule has 4 nitrogen and oxygen atoms in total. The summed E-state index contributed by atoms with van der Waals surface area (Å²) < 4.78 is 5.56. The Balaban J connectivity index is 1.45. The number of methoxy groups -OCH3 is 1. The van der Waals surface area contributed by atoms with E-state index >= 15 is 0 Å². The topological polar surface area (TPSA) is 32.8 Å². The largest absolute Gasteiger partial charge is 0.384 e. The Morgan fingerprint density at radius 1 is 1.23 bits per heavy atom. The minimum absolute atomic E-state index is 0.196. The van der Waals surface area contributed by atoms with Gasteiger partial charge < -0.3 is 14.5 Å². The first kappa shape index (κ1) is 18.0. The van der Waals surface area contributed by atoms with Crippen molar-refractivity contribution in [1.29, 1.82) is 0 Å². The van der Waals surface area contributed by atoms with Crippen LogP contribution in [0.4, 0.5) is 0 Å². The van der Waals surface area contributed by atoms with Crippen LogP contribution in [0.1, 0.15) is 42.1 Å². The molecule has 1 aromatic rings. The van der Waals surface area contributed by atoms with E-state index in [4.69, 9.17) is 4.74 Å². The zero-order valence-corrected chi connectivity index (χ0v) is 16.2. The van der Waals surface area contributed by atoms with E-state index in [0.29, 0.717) is 5.92 Å². The van der Waals surface area contributed by atoms with Crippen LogP contribution in [0, 0.1) is 17.3 Å². The number of carbonyl (C=O) groups excluding carboxylic acids is 1. The molecule has 0 radical (unpaired) electrons. The summed E-state index contributed by atoms with van der Waals surface area (Å²) in [5.41, 5.74) is 2.34. The standard InChI is InChI=1S/C22H32N2O2/c1-3-17-6-8-19(9-7-17)21(25)24-11-10-22(16-24)15-23(12-18-4-5-18)13-20(22)14-26-2/h6-9,18,20H,3-5,10-16H2,1-2H3/t20-,22+/m0/s1. The summed E-state index contributed by atoms with van der Waals surface area (Å²) in [6.45, 7) is 8.24. The van der Waals surface area contributed by atoms with Crippen LogP contribution in [-0.4, -0.2) is 62.1 Å². The molecule has 1 spiro atoms. The summed E-state index contributed by atoms with van der Waals surface area (Å²) >= 11 is 0. The second kappa shape index (κ2) is 7.32. The van der Waals surface area contributed by atoms with Crippen LogP contribution in [0.25, 0.3) is 0 Å². The average Bonchev–Trinajstić information content (AvgIpc) is 3.27. The molecule has 0 N–H and O–H groups in total. The van der Waals surface area contributed by atoms with Gasteiger partial charge in [0.15, 0.2) is 0 Å². The van der Waals surface area contributed by atoms with E-state index in [1.165, 1.54) is 24.9 Å². The minimum Gasteiger partial charge on any atom is -0.384 e. The summed E-state index contributed by atoms with van der Waals surface area (Å²) in [7, 11) is 1.81. The van der Waals surface area contributed by atoms with Gasteiger partial charge in [-0.15, -0.1) is 0 Å². The Labute approximate surface area is 157 Å². The lowest BCUT2D eigenvalue weighted by Gasteiger charge is -2.30. The third-order valence-electron chi connectivity index (χ3n) is 6.75. The van der Waals surface area contributed by atoms with Gasteiger partial charge in [0, 0.05) is 56.7 Å². The number of ether oxygens (including phenoxy) is 1. The molecular formula is C22H32N2O2. The maximum atomic E-state index is 13.0. The molecule has 1 aromatic carbocycles. The van der Waals surface area contributed by atoms with Crippen molar-refractivity contribution < 1.29 is 9.53 Å². The number of amides is 1. The molecule has 26 heavy (non-hydrogen) atoms. The lowest BCUT2D eigenvalue weighted by atomic mass is 9.77. The molecule has 1 amide bonds. The molecule has 0 bridgehead atoms. The zero-order chi connectivity index (χ0) is 18.1. The Kier molecular flexibility index (Phi) is 5.07.